The van der Waals surface area contributed by atoms with Crippen LogP contribution in [0.4, 0.5) is 0 Å². The van der Waals surface area contributed by atoms with Crippen molar-refractivity contribution in [1.29, 1.82) is 0 Å². The molecule has 6 nitrogen and oxygen atoms in total. The maximum atomic E-state index is 10.3. The number of aromatic nitrogens is 4. The molecule has 18 heavy (non-hydrogen) atoms. The molecule has 1 unspecified atom stereocenters. The summed E-state index contributed by atoms with van der Waals surface area (Å²) in [4.78, 5) is 2.07. The Hall–Kier alpha value is -0.830. The van der Waals surface area contributed by atoms with Crippen LogP contribution in [-0.2, 0) is 6.54 Å². The van der Waals surface area contributed by atoms with Gasteiger partial charge in [0, 0.05) is 6.54 Å². The van der Waals surface area contributed by atoms with Gasteiger partial charge in [-0.3, -0.25) is 4.68 Å². The maximum absolute atomic E-state index is 10.3. The summed E-state index contributed by atoms with van der Waals surface area (Å²) in [6, 6.07) is 0. The summed E-state index contributed by atoms with van der Waals surface area (Å²) >= 11 is 4.49. The Labute approximate surface area is 118 Å². The lowest BCUT2D eigenvalue weighted by Gasteiger charge is -2.14. The number of hydrogen-bond acceptors (Lipinski definition) is 6. The van der Waals surface area contributed by atoms with E-state index in [9.17, 15) is 5.11 Å². The lowest BCUT2D eigenvalue weighted by molar-refractivity contribution is 0.201. The van der Waals surface area contributed by atoms with E-state index < -0.39 is 6.10 Å². The first-order valence-electron chi connectivity index (χ1n) is 5.41. The molecule has 0 aliphatic carbocycles. The third-order valence-electron chi connectivity index (χ3n) is 2.51. The predicted molar refractivity (Wildman–Crippen MR) is 72.5 cm³/mol. The third-order valence-corrected chi connectivity index (χ3v) is 3.61. The predicted octanol–water partition coefficient (Wildman–Crippen LogP) is 1.14. The van der Waals surface area contributed by atoms with Crippen LogP contribution >= 0.6 is 27.7 Å². The lowest BCUT2D eigenvalue weighted by atomic mass is 10.2. The van der Waals surface area contributed by atoms with Crippen LogP contribution in [0, 0.1) is 0 Å². The van der Waals surface area contributed by atoms with E-state index in [-0.39, 0.29) is 0 Å². The molecule has 8 heteroatoms. The molecule has 0 saturated heterocycles. The molecule has 2 rings (SSSR count). The monoisotopic (exact) mass is 331 g/mol. The zero-order chi connectivity index (χ0) is 13.1. The summed E-state index contributed by atoms with van der Waals surface area (Å²) in [5, 5.41) is 14.6. The van der Waals surface area contributed by atoms with E-state index in [2.05, 4.69) is 34.7 Å². The van der Waals surface area contributed by atoms with Crippen LogP contribution in [0.1, 0.15) is 17.5 Å². The van der Waals surface area contributed by atoms with E-state index in [0.717, 1.165) is 22.7 Å². The van der Waals surface area contributed by atoms with Gasteiger partial charge in [0.15, 0.2) is 0 Å². The molecule has 0 radical (unpaired) electrons. The van der Waals surface area contributed by atoms with Gasteiger partial charge in [0.25, 0.3) is 0 Å². The largest absolute Gasteiger partial charge is 0.380 e. The van der Waals surface area contributed by atoms with Gasteiger partial charge < -0.3 is 10.0 Å². The van der Waals surface area contributed by atoms with Crippen LogP contribution in [0.5, 0.6) is 0 Å². The van der Waals surface area contributed by atoms with E-state index in [4.69, 9.17) is 0 Å². The van der Waals surface area contributed by atoms with Gasteiger partial charge in [-0.2, -0.15) is 13.8 Å². The van der Waals surface area contributed by atoms with Gasteiger partial charge in [-0.05, 0) is 30.0 Å². The van der Waals surface area contributed by atoms with E-state index in [1.165, 1.54) is 0 Å². The topological polar surface area (TPSA) is 67.1 Å². The van der Waals surface area contributed by atoms with Gasteiger partial charge in [-0.25, -0.2) is 0 Å². The van der Waals surface area contributed by atoms with Gasteiger partial charge in [-0.15, -0.1) is 0 Å². The first kappa shape index (κ1) is 13.6. The molecule has 0 spiro atoms. The van der Waals surface area contributed by atoms with Gasteiger partial charge in [0.1, 0.15) is 11.8 Å². The molecular formula is C10H14BrN5OS. The summed E-state index contributed by atoms with van der Waals surface area (Å²) in [6.07, 6.45) is 2.46. The highest BCUT2D eigenvalue weighted by atomic mass is 79.9. The van der Waals surface area contributed by atoms with Crippen molar-refractivity contribution in [3.63, 3.8) is 0 Å². The van der Waals surface area contributed by atoms with Crippen LogP contribution in [0.2, 0.25) is 0 Å². The second-order valence-electron chi connectivity index (χ2n) is 4.14. The number of likely N-dealkylation sites (N-methyl/N-ethyl adjacent to an activating group) is 1. The van der Waals surface area contributed by atoms with Crippen molar-refractivity contribution in [2.24, 2.45) is 0 Å². The Morgan fingerprint density at radius 1 is 1.50 bits per heavy atom. The Morgan fingerprint density at radius 3 is 2.89 bits per heavy atom. The van der Waals surface area contributed by atoms with E-state index >= 15 is 0 Å². The fourth-order valence-corrected chi connectivity index (χ4v) is 2.51. The highest BCUT2D eigenvalue weighted by Gasteiger charge is 2.21. The fraction of sp³-hybridized carbons (Fsp3) is 0.500. The van der Waals surface area contributed by atoms with Crippen molar-refractivity contribution in [3.8, 4) is 0 Å². The average molecular weight is 332 g/mol. The van der Waals surface area contributed by atoms with E-state index in [1.54, 1.807) is 17.1 Å². The number of rotatable bonds is 5. The zero-order valence-corrected chi connectivity index (χ0v) is 12.5. The van der Waals surface area contributed by atoms with Crippen LogP contribution in [0.15, 0.2) is 16.9 Å². The van der Waals surface area contributed by atoms with Crippen molar-refractivity contribution in [3.05, 3.63) is 28.3 Å². The van der Waals surface area contributed by atoms with Gasteiger partial charge >= 0.3 is 0 Å². The third kappa shape index (κ3) is 2.94. The van der Waals surface area contributed by atoms with Crippen molar-refractivity contribution < 1.29 is 5.11 Å². The number of nitrogens with zero attached hydrogens (tertiary/aromatic N) is 5. The fourth-order valence-electron chi connectivity index (χ4n) is 1.55. The molecular weight excluding hydrogens is 318 g/mol. The molecule has 2 aromatic rings. The lowest BCUT2D eigenvalue weighted by Crippen LogP contribution is -2.21. The molecule has 0 aliphatic rings. The Balaban J connectivity index is 2.23. The Morgan fingerprint density at radius 2 is 2.28 bits per heavy atom. The maximum Gasteiger partial charge on any atom is 0.141 e. The van der Waals surface area contributed by atoms with Crippen LogP contribution < -0.4 is 0 Å². The molecule has 2 heterocycles. The van der Waals surface area contributed by atoms with Crippen molar-refractivity contribution in [2.75, 3.05) is 20.6 Å². The summed E-state index contributed by atoms with van der Waals surface area (Å²) in [5.74, 6) is 0. The molecule has 2 aromatic heterocycles. The summed E-state index contributed by atoms with van der Waals surface area (Å²) in [7, 11) is 4.00. The molecule has 0 fully saturated rings. The highest BCUT2D eigenvalue weighted by Crippen LogP contribution is 2.27. The minimum atomic E-state index is -0.803. The zero-order valence-electron chi connectivity index (χ0n) is 10.1. The molecule has 0 aromatic carbocycles. The summed E-state index contributed by atoms with van der Waals surface area (Å²) in [6.45, 7) is 1.56. The number of hydrogen-bond donors (Lipinski definition) is 1. The smallest absolute Gasteiger partial charge is 0.141 e. The van der Waals surface area contributed by atoms with Crippen molar-refractivity contribution >= 4 is 27.7 Å². The van der Waals surface area contributed by atoms with Crippen molar-refractivity contribution in [2.45, 2.75) is 12.6 Å². The molecule has 1 N–H and O–H groups in total. The van der Waals surface area contributed by atoms with Gasteiger partial charge in [-0.1, -0.05) is 0 Å². The van der Waals surface area contributed by atoms with Gasteiger partial charge in [0.2, 0.25) is 0 Å². The number of aliphatic hydroxyl groups is 1. The van der Waals surface area contributed by atoms with Gasteiger partial charge in [0.05, 0.1) is 40.8 Å². The normalized spacial score (nSPS) is 13.2. The average Bonchev–Trinajstić information content (AvgIpc) is 2.94. The molecule has 0 bridgehead atoms. The van der Waals surface area contributed by atoms with E-state index in [1.807, 2.05) is 14.1 Å². The molecule has 0 aliphatic heterocycles. The number of aliphatic hydroxyl groups excluding tert-OH is 1. The van der Waals surface area contributed by atoms with Crippen LogP contribution in [-0.4, -0.2) is 49.2 Å². The summed E-state index contributed by atoms with van der Waals surface area (Å²) < 4.78 is 10.5. The molecule has 0 saturated carbocycles. The highest BCUT2D eigenvalue weighted by molar-refractivity contribution is 9.10. The second-order valence-corrected chi connectivity index (χ2v) is 5.55. The summed E-state index contributed by atoms with van der Waals surface area (Å²) in [5.41, 5.74) is 1.26. The van der Waals surface area contributed by atoms with Crippen molar-refractivity contribution in [1.82, 2.24) is 23.4 Å². The molecule has 98 valence electrons. The van der Waals surface area contributed by atoms with Crippen LogP contribution in [0.3, 0.4) is 0 Å². The van der Waals surface area contributed by atoms with E-state index in [0.29, 0.717) is 17.9 Å². The number of halogens is 1. The molecule has 1 atom stereocenters. The Bertz CT molecular complexity index is 498. The first-order chi connectivity index (χ1) is 8.59. The van der Waals surface area contributed by atoms with Crippen LogP contribution in [0.25, 0.3) is 0 Å². The second kappa shape index (κ2) is 5.87. The molecule has 0 amide bonds. The minimum Gasteiger partial charge on any atom is -0.380 e. The first-order valence-corrected chi connectivity index (χ1v) is 6.93. The Kier molecular flexibility index (Phi) is 4.44. The minimum absolute atomic E-state index is 0.548. The SMILES string of the molecule is CN(C)CCn1ncc(Br)c1C(O)c1cnsn1. The standard InChI is InChI=1S/C10H14BrN5OS/c1-15(2)3-4-16-9(7(11)5-12-16)10(17)8-6-13-18-14-8/h5-6,10,17H,3-4H2,1-2H3. The quantitative estimate of drug-likeness (QED) is 0.889.